The average molecular weight is 390 g/mol. The Morgan fingerprint density at radius 3 is 1.75 bits per heavy atom. The van der Waals surface area contributed by atoms with Gasteiger partial charge in [-0.1, -0.05) is 6.07 Å². The largest absolute Gasteiger partial charge is 0.496 e. The molecule has 7 heteroatoms. The highest BCUT2D eigenvalue weighted by Crippen LogP contribution is 2.47. The highest BCUT2D eigenvalue weighted by atomic mass is 16.7. The number of hydrogen-bond acceptors (Lipinski definition) is 7. The van der Waals surface area contributed by atoms with E-state index in [0.717, 1.165) is 0 Å². The molecule has 0 amide bonds. The van der Waals surface area contributed by atoms with Crippen LogP contribution in [0.4, 0.5) is 0 Å². The molecule has 28 heavy (non-hydrogen) atoms. The molecule has 7 nitrogen and oxygen atoms in total. The van der Waals surface area contributed by atoms with Gasteiger partial charge in [0.15, 0.2) is 13.6 Å². The molecule has 0 fully saturated rings. The van der Waals surface area contributed by atoms with Crippen molar-refractivity contribution in [2.45, 2.75) is 13.3 Å². The molecule has 152 valence electrons. The van der Waals surface area contributed by atoms with Crippen LogP contribution in [0.25, 0.3) is 11.1 Å². The van der Waals surface area contributed by atoms with Crippen LogP contribution in [0.1, 0.15) is 12.5 Å². The minimum atomic E-state index is -0.0116. The third kappa shape index (κ3) is 4.94. The van der Waals surface area contributed by atoms with Crippen LogP contribution in [0, 0.1) is 0 Å². The summed E-state index contributed by atoms with van der Waals surface area (Å²) >= 11 is 0. The zero-order valence-corrected chi connectivity index (χ0v) is 16.9. The lowest BCUT2D eigenvalue weighted by Crippen LogP contribution is -2.08. The first-order chi connectivity index (χ1) is 13.6. The number of Topliss-reactive ketones (excluding diaryl/α,β-unsaturated/α-hetero) is 1. The first-order valence-electron chi connectivity index (χ1n) is 8.67. The third-order valence-corrected chi connectivity index (χ3v) is 4.00. The summed E-state index contributed by atoms with van der Waals surface area (Å²) in [5.74, 6) is 2.17. The van der Waals surface area contributed by atoms with Crippen LogP contribution in [-0.4, -0.2) is 47.8 Å². The molecule has 0 heterocycles. The van der Waals surface area contributed by atoms with E-state index >= 15 is 0 Å². The Hall–Kier alpha value is -2.77. The molecular formula is C21H26O7. The van der Waals surface area contributed by atoms with Gasteiger partial charge in [-0.15, -0.1) is 0 Å². The average Bonchev–Trinajstić information content (AvgIpc) is 2.70. The van der Waals surface area contributed by atoms with Crippen molar-refractivity contribution in [2.75, 3.05) is 42.0 Å². The molecule has 2 rings (SSSR count). The van der Waals surface area contributed by atoms with Gasteiger partial charge in [-0.2, -0.15) is 0 Å². The van der Waals surface area contributed by atoms with Crippen molar-refractivity contribution in [2.24, 2.45) is 0 Å². The monoisotopic (exact) mass is 390 g/mol. The van der Waals surface area contributed by atoms with Crippen molar-refractivity contribution < 1.29 is 33.2 Å². The summed E-state index contributed by atoms with van der Waals surface area (Å²) < 4.78 is 32.8. The summed E-state index contributed by atoms with van der Waals surface area (Å²) in [7, 11) is 6.21. The van der Waals surface area contributed by atoms with Gasteiger partial charge >= 0.3 is 0 Å². The van der Waals surface area contributed by atoms with E-state index in [0.29, 0.717) is 39.7 Å². The van der Waals surface area contributed by atoms with Gasteiger partial charge < -0.3 is 28.4 Å². The van der Waals surface area contributed by atoms with Crippen molar-refractivity contribution in [1.82, 2.24) is 0 Å². The number of methoxy groups -OCH3 is 4. The van der Waals surface area contributed by atoms with Crippen LogP contribution < -0.4 is 18.9 Å². The minimum absolute atomic E-state index is 0.0116. The van der Waals surface area contributed by atoms with E-state index in [1.807, 2.05) is 0 Å². The maximum Gasteiger partial charge on any atom is 0.188 e. The molecule has 0 bridgehead atoms. The fourth-order valence-corrected chi connectivity index (χ4v) is 2.91. The Bertz CT molecular complexity index is 775. The van der Waals surface area contributed by atoms with Gasteiger partial charge in [-0.25, -0.2) is 0 Å². The van der Waals surface area contributed by atoms with E-state index in [4.69, 9.17) is 28.4 Å². The fourth-order valence-electron chi connectivity index (χ4n) is 2.91. The molecular weight excluding hydrogens is 364 g/mol. The van der Waals surface area contributed by atoms with Crippen molar-refractivity contribution in [3.8, 4) is 34.1 Å². The number of rotatable bonds is 11. The lowest BCUT2D eigenvalue weighted by molar-refractivity contribution is -0.116. The van der Waals surface area contributed by atoms with Gasteiger partial charge in [0.05, 0.1) is 19.8 Å². The van der Waals surface area contributed by atoms with Crippen molar-refractivity contribution in [3.63, 3.8) is 0 Å². The Balaban J connectivity index is 2.81. The van der Waals surface area contributed by atoms with Crippen molar-refractivity contribution in [3.05, 3.63) is 35.9 Å². The van der Waals surface area contributed by atoms with Gasteiger partial charge in [-0.05, 0) is 31.2 Å². The molecule has 0 saturated carbocycles. The second-order valence-corrected chi connectivity index (χ2v) is 5.93. The van der Waals surface area contributed by atoms with Crippen LogP contribution in [0.15, 0.2) is 30.3 Å². The van der Waals surface area contributed by atoms with E-state index < -0.39 is 0 Å². The molecule has 0 atom stereocenters. The summed E-state index contributed by atoms with van der Waals surface area (Å²) in [6.45, 7) is 1.63. The molecule has 0 aromatic heterocycles. The standard InChI is InChI=1S/C21H26O7/c1-14(22)11-15-16(25-4)9-10-17(26-5)20(15)21-18(27-12-23-2)7-6-8-19(21)28-13-24-3/h6-10H,11-13H2,1-5H3. The molecule has 0 unspecified atom stereocenters. The Morgan fingerprint density at radius 2 is 1.29 bits per heavy atom. The molecule has 0 spiro atoms. The Labute approximate surface area is 165 Å². The van der Waals surface area contributed by atoms with Crippen LogP contribution in [0.3, 0.4) is 0 Å². The summed E-state index contributed by atoms with van der Waals surface area (Å²) in [6, 6.07) is 8.95. The normalized spacial score (nSPS) is 10.5. The van der Waals surface area contributed by atoms with E-state index in [1.165, 1.54) is 21.1 Å². The molecule has 0 N–H and O–H groups in total. The maximum atomic E-state index is 12.0. The molecule has 2 aromatic rings. The summed E-state index contributed by atoms with van der Waals surface area (Å²) in [4.78, 5) is 12.0. The summed E-state index contributed by atoms with van der Waals surface area (Å²) in [6.07, 6.45) is 0.165. The lowest BCUT2D eigenvalue weighted by atomic mass is 9.93. The first-order valence-corrected chi connectivity index (χ1v) is 8.67. The van der Waals surface area contributed by atoms with Crippen LogP contribution >= 0.6 is 0 Å². The van der Waals surface area contributed by atoms with Crippen LogP contribution in [0.2, 0.25) is 0 Å². The van der Waals surface area contributed by atoms with Gasteiger partial charge in [0.2, 0.25) is 0 Å². The van der Waals surface area contributed by atoms with Gasteiger partial charge in [0.25, 0.3) is 0 Å². The van der Waals surface area contributed by atoms with Crippen LogP contribution in [0.5, 0.6) is 23.0 Å². The Kier molecular flexibility index (Phi) is 8.10. The summed E-state index contributed by atoms with van der Waals surface area (Å²) in [5, 5.41) is 0. The zero-order valence-electron chi connectivity index (χ0n) is 16.9. The predicted molar refractivity (Wildman–Crippen MR) is 104 cm³/mol. The van der Waals surface area contributed by atoms with Gasteiger partial charge in [0, 0.05) is 31.8 Å². The SMILES string of the molecule is COCOc1cccc(OCOC)c1-c1c(OC)ccc(OC)c1CC(C)=O. The zero-order chi connectivity index (χ0) is 20.5. The van der Waals surface area contributed by atoms with E-state index in [1.54, 1.807) is 44.6 Å². The minimum Gasteiger partial charge on any atom is -0.496 e. The smallest absolute Gasteiger partial charge is 0.188 e. The van der Waals surface area contributed by atoms with Crippen molar-refractivity contribution >= 4 is 5.78 Å². The topological polar surface area (TPSA) is 72.5 Å². The molecule has 2 aromatic carbocycles. The molecule has 0 aliphatic heterocycles. The maximum absolute atomic E-state index is 12.0. The quantitative estimate of drug-likeness (QED) is 0.544. The molecule has 0 saturated heterocycles. The molecule has 0 radical (unpaired) electrons. The number of benzene rings is 2. The highest BCUT2D eigenvalue weighted by molar-refractivity contribution is 5.89. The number of hydrogen-bond donors (Lipinski definition) is 0. The third-order valence-electron chi connectivity index (χ3n) is 4.00. The first kappa shape index (κ1) is 21.5. The van der Waals surface area contributed by atoms with Gasteiger partial charge in [0.1, 0.15) is 28.8 Å². The second-order valence-electron chi connectivity index (χ2n) is 5.93. The Morgan fingerprint density at radius 1 is 0.750 bits per heavy atom. The number of ether oxygens (including phenoxy) is 6. The summed E-state index contributed by atoms with van der Waals surface area (Å²) in [5.41, 5.74) is 1.98. The number of carbonyl (C=O) groups excluding carboxylic acids is 1. The predicted octanol–water partition coefficient (Wildman–Crippen LogP) is 3.47. The molecule has 0 aliphatic rings. The van der Waals surface area contributed by atoms with E-state index in [2.05, 4.69) is 0 Å². The van der Waals surface area contributed by atoms with Crippen LogP contribution in [-0.2, 0) is 20.7 Å². The van der Waals surface area contributed by atoms with E-state index in [9.17, 15) is 4.79 Å². The van der Waals surface area contributed by atoms with Gasteiger partial charge in [-0.3, -0.25) is 4.79 Å². The fraction of sp³-hybridized carbons (Fsp3) is 0.381. The highest BCUT2D eigenvalue weighted by Gasteiger charge is 2.24. The number of ketones is 1. The van der Waals surface area contributed by atoms with E-state index in [-0.39, 0.29) is 25.8 Å². The lowest BCUT2D eigenvalue weighted by Gasteiger charge is -2.21. The van der Waals surface area contributed by atoms with Crippen molar-refractivity contribution in [1.29, 1.82) is 0 Å². The second kappa shape index (κ2) is 10.5. The number of carbonyl (C=O) groups is 1. The molecule has 0 aliphatic carbocycles.